The van der Waals surface area contributed by atoms with Gasteiger partial charge in [0.1, 0.15) is 0 Å². The predicted molar refractivity (Wildman–Crippen MR) is 72.4 cm³/mol. The largest absolute Gasteiger partial charge is 0.297 e. The molecule has 0 aliphatic heterocycles. The molecule has 0 saturated heterocycles. The van der Waals surface area contributed by atoms with Gasteiger partial charge in [-0.25, -0.2) is 0 Å². The van der Waals surface area contributed by atoms with E-state index < -0.39 is 0 Å². The van der Waals surface area contributed by atoms with Crippen molar-refractivity contribution in [2.24, 2.45) is 0 Å². The molecule has 0 unspecified atom stereocenters. The SMILES string of the molecule is Clc1cc(CNOCc2ccccc2)c(Cl)s1. The van der Waals surface area contributed by atoms with Gasteiger partial charge in [0.2, 0.25) is 0 Å². The van der Waals surface area contributed by atoms with Crippen molar-refractivity contribution >= 4 is 34.5 Å². The Bertz CT molecular complexity index is 473. The van der Waals surface area contributed by atoms with E-state index in [-0.39, 0.29) is 0 Å². The van der Waals surface area contributed by atoms with Crippen LogP contribution in [0.25, 0.3) is 0 Å². The van der Waals surface area contributed by atoms with E-state index >= 15 is 0 Å². The fourth-order valence-corrected chi connectivity index (χ4v) is 2.82. The Morgan fingerprint density at radius 2 is 1.94 bits per heavy atom. The topological polar surface area (TPSA) is 21.3 Å². The lowest BCUT2D eigenvalue weighted by Crippen LogP contribution is -2.13. The predicted octanol–water partition coefficient (Wildman–Crippen LogP) is 4.28. The van der Waals surface area contributed by atoms with Gasteiger partial charge in [0.15, 0.2) is 0 Å². The van der Waals surface area contributed by atoms with E-state index in [9.17, 15) is 0 Å². The Balaban J connectivity index is 1.75. The van der Waals surface area contributed by atoms with Crippen LogP contribution in [0.5, 0.6) is 0 Å². The molecule has 2 nitrogen and oxygen atoms in total. The van der Waals surface area contributed by atoms with Gasteiger partial charge in [-0.2, -0.15) is 5.48 Å². The highest BCUT2D eigenvalue weighted by Gasteiger charge is 2.05. The van der Waals surface area contributed by atoms with Crippen molar-refractivity contribution in [1.82, 2.24) is 5.48 Å². The fraction of sp³-hybridized carbons (Fsp3) is 0.167. The first-order valence-electron chi connectivity index (χ1n) is 5.08. The first-order valence-corrected chi connectivity index (χ1v) is 6.65. The van der Waals surface area contributed by atoms with Crippen LogP contribution in [0.4, 0.5) is 0 Å². The van der Waals surface area contributed by atoms with Crippen molar-refractivity contribution < 1.29 is 4.84 Å². The maximum Gasteiger partial charge on any atom is 0.0990 e. The molecule has 0 fully saturated rings. The Hall–Kier alpha value is -0.580. The number of hydrogen-bond acceptors (Lipinski definition) is 3. The second-order valence-corrected chi connectivity index (χ2v) is 5.73. The van der Waals surface area contributed by atoms with Crippen molar-refractivity contribution in [3.05, 3.63) is 56.2 Å². The monoisotopic (exact) mass is 287 g/mol. The molecule has 1 aromatic heterocycles. The second kappa shape index (κ2) is 6.38. The third-order valence-electron chi connectivity index (χ3n) is 2.17. The lowest BCUT2D eigenvalue weighted by atomic mass is 10.2. The van der Waals surface area contributed by atoms with Crippen LogP contribution in [0.15, 0.2) is 36.4 Å². The Morgan fingerprint density at radius 3 is 2.59 bits per heavy atom. The molecule has 1 N–H and O–H groups in total. The highest BCUT2D eigenvalue weighted by Crippen LogP contribution is 2.30. The minimum Gasteiger partial charge on any atom is -0.297 e. The van der Waals surface area contributed by atoms with E-state index in [4.69, 9.17) is 28.0 Å². The first kappa shape index (κ1) is 12.9. The molecule has 0 bridgehead atoms. The van der Waals surface area contributed by atoms with Gasteiger partial charge in [-0.15, -0.1) is 11.3 Å². The van der Waals surface area contributed by atoms with Crippen molar-refractivity contribution in [2.45, 2.75) is 13.2 Å². The van der Waals surface area contributed by atoms with Gasteiger partial charge in [0.25, 0.3) is 0 Å². The van der Waals surface area contributed by atoms with E-state index in [1.54, 1.807) is 0 Å². The zero-order valence-electron chi connectivity index (χ0n) is 8.95. The van der Waals surface area contributed by atoms with Gasteiger partial charge >= 0.3 is 0 Å². The van der Waals surface area contributed by atoms with Crippen molar-refractivity contribution in [3.63, 3.8) is 0 Å². The third kappa shape index (κ3) is 3.98. The second-order valence-electron chi connectivity index (χ2n) is 3.44. The van der Waals surface area contributed by atoms with Crippen LogP contribution in [-0.2, 0) is 18.0 Å². The normalized spacial score (nSPS) is 10.7. The Morgan fingerprint density at radius 1 is 1.18 bits per heavy atom. The number of rotatable bonds is 5. The molecule has 17 heavy (non-hydrogen) atoms. The molecule has 1 aromatic carbocycles. The van der Waals surface area contributed by atoms with E-state index in [0.29, 0.717) is 21.8 Å². The summed E-state index contributed by atoms with van der Waals surface area (Å²) < 4.78 is 1.39. The average Bonchev–Trinajstić information content (AvgIpc) is 2.65. The molecule has 2 rings (SSSR count). The molecule has 0 aliphatic carbocycles. The van der Waals surface area contributed by atoms with E-state index in [1.165, 1.54) is 11.3 Å². The van der Waals surface area contributed by atoms with E-state index in [0.717, 1.165) is 11.1 Å². The number of nitrogens with one attached hydrogen (secondary N) is 1. The van der Waals surface area contributed by atoms with Crippen LogP contribution in [0.1, 0.15) is 11.1 Å². The van der Waals surface area contributed by atoms with Gasteiger partial charge in [0.05, 0.1) is 15.3 Å². The summed E-state index contributed by atoms with van der Waals surface area (Å²) in [4.78, 5) is 5.34. The number of hydroxylamine groups is 1. The number of halogens is 2. The standard InChI is InChI=1S/C12H11Cl2NOS/c13-11-6-10(12(14)17-11)7-15-16-8-9-4-2-1-3-5-9/h1-6,15H,7-8H2. The molecular formula is C12H11Cl2NOS. The molecule has 0 aliphatic rings. The molecule has 0 atom stereocenters. The summed E-state index contributed by atoms with van der Waals surface area (Å²) in [6.07, 6.45) is 0. The molecule has 2 aromatic rings. The minimum atomic E-state index is 0.524. The first-order chi connectivity index (χ1) is 8.25. The molecule has 90 valence electrons. The molecule has 0 spiro atoms. The van der Waals surface area contributed by atoms with Crippen molar-refractivity contribution in [3.8, 4) is 0 Å². The zero-order chi connectivity index (χ0) is 12.1. The summed E-state index contributed by atoms with van der Waals surface area (Å²) in [5.41, 5.74) is 4.94. The highest BCUT2D eigenvalue weighted by molar-refractivity contribution is 7.20. The average molecular weight is 288 g/mol. The number of hydrogen-bond donors (Lipinski definition) is 1. The smallest absolute Gasteiger partial charge is 0.0990 e. The highest BCUT2D eigenvalue weighted by atomic mass is 35.5. The summed E-state index contributed by atoms with van der Waals surface area (Å²) in [6, 6.07) is 11.8. The maximum absolute atomic E-state index is 5.98. The quantitative estimate of drug-likeness (QED) is 0.655. The van der Waals surface area contributed by atoms with E-state index in [2.05, 4.69) is 5.48 Å². The van der Waals surface area contributed by atoms with Gasteiger partial charge in [0, 0.05) is 6.54 Å². The molecular weight excluding hydrogens is 277 g/mol. The van der Waals surface area contributed by atoms with Gasteiger partial charge < -0.3 is 0 Å². The van der Waals surface area contributed by atoms with Crippen LogP contribution in [0, 0.1) is 0 Å². The number of thiophene rings is 1. The lowest BCUT2D eigenvalue weighted by molar-refractivity contribution is 0.0236. The summed E-state index contributed by atoms with van der Waals surface area (Å²) in [6.45, 7) is 1.07. The Labute approximate surface area is 114 Å². The minimum absolute atomic E-state index is 0.524. The summed E-state index contributed by atoms with van der Waals surface area (Å²) in [5.74, 6) is 0. The van der Waals surface area contributed by atoms with Gasteiger partial charge in [-0.1, -0.05) is 53.5 Å². The van der Waals surface area contributed by atoms with Crippen molar-refractivity contribution in [1.29, 1.82) is 0 Å². The Kier molecular flexibility index (Phi) is 4.83. The van der Waals surface area contributed by atoms with Gasteiger partial charge in [-0.3, -0.25) is 4.84 Å². The van der Waals surface area contributed by atoms with Crippen LogP contribution >= 0.6 is 34.5 Å². The molecule has 0 saturated carbocycles. The zero-order valence-corrected chi connectivity index (χ0v) is 11.3. The summed E-state index contributed by atoms with van der Waals surface area (Å²) >= 11 is 13.2. The van der Waals surface area contributed by atoms with Crippen LogP contribution in [0.2, 0.25) is 8.67 Å². The lowest BCUT2D eigenvalue weighted by Gasteiger charge is -2.05. The van der Waals surface area contributed by atoms with E-state index in [1.807, 2.05) is 36.4 Å². The van der Waals surface area contributed by atoms with Crippen LogP contribution in [-0.4, -0.2) is 0 Å². The maximum atomic E-state index is 5.98. The molecule has 5 heteroatoms. The van der Waals surface area contributed by atoms with Crippen LogP contribution < -0.4 is 5.48 Å². The van der Waals surface area contributed by atoms with Gasteiger partial charge in [-0.05, 0) is 17.2 Å². The fourth-order valence-electron chi connectivity index (χ4n) is 1.33. The summed E-state index contributed by atoms with van der Waals surface area (Å²) in [7, 11) is 0. The molecule has 1 heterocycles. The molecule has 0 amide bonds. The molecule has 0 radical (unpaired) electrons. The third-order valence-corrected chi connectivity index (χ3v) is 3.74. The number of benzene rings is 1. The van der Waals surface area contributed by atoms with Crippen molar-refractivity contribution in [2.75, 3.05) is 0 Å². The summed E-state index contributed by atoms with van der Waals surface area (Å²) in [5, 5.41) is 0. The van der Waals surface area contributed by atoms with Crippen LogP contribution in [0.3, 0.4) is 0 Å².